The molecule has 1 aromatic carbocycles. The van der Waals surface area contributed by atoms with Crippen LogP contribution in [0.2, 0.25) is 0 Å². The fourth-order valence-corrected chi connectivity index (χ4v) is 9.70. The summed E-state index contributed by atoms with van der Waals surface area (Å²) in [5.74, 6) is -2.32. The minimum Gasteiger partial charge on any atom is -0.497 e. The monoisotopic (exact) mass is 840 g/mol. The number of aliphatic hydroxyl groups excluding tert-OH is 1. The first kappa shape index (κ1) is 45.4. The van der Waals surface area contributed by atoms with Crippen molar-refractivity contribution in [1.29, 1.82) is 0 Å². The zero-order chi connectivity index (χ0) is 43.8. The lowest BCUT2D eigenvalue weighted by Crippen LogP contribution is -2.63. The number of ketones is 1. The van der Waals surface area contributed by atoms with E-state index in [9.17, 15) is 19.5 Å². The average Bonchev–Trinajstić information content (AvgIpc) is 3.81. The number of ether oxygens (including phenoxy) is 6. The molecule has 3 fully saturated rings. The van der Waals surface area contributed by atoms with Crippen molar-refractivity contribution in [3.05, 3.63) is 30.2 Å². The molecule has 1 aromatic heterocycles. The molecule has 0 radical (unpaired) electrons. The lowest BCUT2D eigenvalue weighted by molar-refractivity contribution is -0.295. The summed E-state index contributed by atoms with van der Waals surface area (Å²) in [6.07, 6.45) is -2.72. The number of aliphatic hydroxyl groups is 1. The van der Waals surface area contributed by atoms with Gasteiger partial charge in [0.2, 0.25) is 11.7 Å². The third kappa shape index (κ3) is 8.65. The second-order valence-corrected chi connectivity index (χ2v) is 17.6. The quantitative estimate of drug-likeness (QED) is 0.238. The standard InChI is InChI=1S/C43H64N6O11/c1-13-31-43(8)36-25(4)33(45-48(49(36)41(53)59-43)20-14-15-32-44-38(46-60-32)28-16-18-29(54-11)19-17-28)23(2)22-42(7,55-12)37(26(5)34(50)27(6)39(52)57-31)58-40-35(51)30(47(9)10)21-24(3)56-40/h16-19,23-27,30-31,35-37,40,51H,13-15,20-22H2,1-12H3/t23-,24+,25+,26+,27-,30-,31-,35+,36-,37-,40-,42?,43-/m1/s1. The summed E-state index contributed by atoms with van der Waals surface area (Å²) in [6.45, 7) is 15.0. The van der Waals surface area contributed by atoms with Gasteiger partial charge in [-0.15, -0.1) is 0 Å². The normalized spacial score (nSPS) is 36.5. The lowest BCUT2D eigenvalue weighted by atomic mass is 9.73. The van der Waals surface area contributed by atoms with Crippen LogP contribution in [0.3, 0.4) is 0 Å². The highest BCUT2D eigenvalue weighted by Gasteiger charge is 2.63. The second kappa shape index (κ2) is 18.1. The van der Waals surface area contributed by atoms with Crippen LogP contribution in [0.5, 0.6) is 5.75 Å². The van der Waals surface area contributed by atoms with Crippen LogP contribution in [0.15, 0.2) is 33.9 Å². The summed E-state index contributed by atoms with van der Waals surface area (Å²) >= 11 is 0. The van der Waals surface area contributed by atoms with Gasteiger partial charge >= 0.3 is 12.1 Å². The zero-order valence-corrected chi connectivity index (χ0v) is 37.1. The fraction of sp³-hybridized carbons (Fsp3) is 0.721. The molecule has 60 heavy (non-hydrogen) atoms. The Balaban J connectivity index is 1.35. The number of rotatable bonds is 11. The number of Topliss-reactive ketones (excluding diaryl/α,β-unsaturated/α-hetero) is 1. The fourth-order valence-electron chi connectivity index (χ4n) is 9.70. The predicted molar refractivity (Wildman–Crippen MR) is 218 cm³/mol. The maximum absolute atomic E-state index is 14.4. The summed E-state index contributed by atoms with van der Waals surface area (Å²) < 4.78 is 42.6. The van der Waals surface area contributed by atoms with Crippen LogP contribution in [0, 0.1) is 23.7 Å². The van der Waals surface area contributed by atoms with E-state index >= 15 is 0 Å². The molecule has 0 spiro atoms. The van der Waals surface area contributed by atoms with Crippen molar-refractivity contribution in [2.45, 2.75) is 141 Å². The number of fused-ring (bicyclic) bond motifs is 1. The number of benzene rings is 1. The van der Waals surface area contributed by atoms with Gasteiger partial charge in [-0.3, -0.25) is 9.59 Å². The Morgan fingerprint density at radius 2 is 1.72 bits per heavy atom. The van der Waals surface area contributed by atoms with Crippen LogP contribution >= 0.6 is 0 Å². The van der Waals surface area contributed by atoms with Gasteiger partial charge in [0.05, 0.1) is 31.5 Å². The molecule has 332 valence electrons. The van der Waals surface area contributed by atoms with Crippen LogP contribution < -0.4 is 4.74 Å². The topological polar surface area (TPSA) is 188 Å². The number of carbonyl (C=O) groups excluding carboxylic acids is 3. The summed E-state index contributed by atoms with van der Waals surface area (Å²) in [5.41, 5.74) is -0.919. The number of carbonyl (C=O) groups is 3. The van der Waals surface area contributed by atoms with E-state index in [0.717, 1.165) is 17.0 Å². The van der Waals surface area contributed by atoms with E-state index in [1.54, 1.807) is 33.2 Å². The largest absolute Gasteiger partial charge is 0.497 e. The van der Waals surface area contributed by atoms with Gasteiger partial charge in [0, 0.05) is 42.7 Å². The highest BCUT2D eigenvalue weighted by molar-refractivity contribution is 6.00. The number of cyclic esters (lactones) is 1. The Morgan fingerprint density at radius 3 is 2.35 bits per heavy atom. The number of likely N-dealkylation sites (N-methyl/N-ethyl adjacent to an activating group) is 1. The van der Waals surface area contributed by atoms with E-state index in [0.29, 0.717) is 50.4 Å². The summed E-state index contributed by atoms with van der Waals surface area (Å²) in [6, 6.07) is 6.48. The van der Waals surface area contributed by atoms with Crippen LogP contribution in [-0.4, -0.2) is 143 Å². The number of nitrogens with zero attached hydrogens (tertiary/aromatic N) is 6. The minimum atomic E-state index is -1.30. The summed E-state index contributed by atoms with van der Waals surface area (Å²) in [7, 11) is 6.95. The smallest absolute Gasteiger partial charge is 0.431 e. The van der Waals surface area contributed by atoms with Crippen molar-refractivity contribution < 1.29 is 52.4 Å². The maximum Gasteiger partial charge on any atom is 0.431 e. The summed E-state index contributed by atoms with van der Waals surface area (Å²) in [4.78, 5) is 48.9. The minimum absolute atomic E-state index is 0.240. The molecule has 1 unspecified atom stereocenters. The molecule has 1 N–H and O–H groups in total. The van der Waals surface area contributed by atoms with Gasteiger partial charge < -0.3 is 43.0 Å². The number of hydrogen-bond donors (Lipinski definition) is 1. The Kier molecular flexibility index (Phi) is 13.7. The molecule has 4 aliphatic heterocycles. The molecule has 2 aromatic rings. The van der Waals surface area contributed by atoms with Gasteiger partial charge in [-0.2, -0.15) is 20.2 Å². The third-order valence-corrected chi connectivity index (χ3v) is 13.1. The Morgan fingerprint density at radius 1 is 1.02 bits per heavy atom. The Hall–Kier alpha value is -4.16. The van der Waals surface area contributed by atoms with E-state index in [-0.39, 0.29) is 24.0 Å². The molecule has 0 saturated carbocycles. The molecule has 5 heterocycles. The van der Waals surface area contributed by atoms with Gasteiger partial charge in [-0.25, -0.2) is 4.79 Å². The number of hydrogen-bond acceptors (Lipinski definition) is 16. The first-order valence-electron chi connectivity index (χ1n) is 21.2. The van der Waals surface area contributed by atoms with Gasteiger partial charge in [0.25, 0.3) is 0 Å². The number of aromatic nitrogens is 2. The second-order valence-electron chi connectivity index (χ2n) is 17.6. The van der Waals surface area contributed by atoms with Gasteiger partial charge in [0.15, 0.2) is 17.7 Å². The molecule has 13 atom stereocenters. The van der Waals surface area contributed by atoms with Gasteiger partial charge in [-0.05, 0) is 97.7 Å². The van der Waals surface area contributed by atoms with E-state index in [1.807, 2.05) is 77.9 Å². The number of hydrazine groups is 1. The van der Waals surface area contributed by atoms with Crippen molar-refractivity contribution in [2.24, 2.45) is 28.8 Å². The zero-order valence-electron chi connectivity index (χ0n) is 37.1. The highest BCUT2D eigenvalue weighted by atomic mass is 16.7. The van der Waals surface area contributed by atoms with E-state index in [4.69, 9.17) is 38.0 Å². The first-order chi connectivity index (χ1) is 28.4. The molecule has 2 bridgehead atoms. The number of methoxy groups -OCH3 is 2. The number of hydrazone groups is 1. The molecular formula is C43H64N6O11. The van der Waals surface area contributed by atoms with E-state index in [2.05, 4.69) is 10.1 Å². The molecule has 6 rings (SSSR count). The Labute approximate surface area is 352 Å². The van der Waals surface area contributed by atoms with Crippen molar-refractivity contribution in [3.63, 3.8) is 0 Å². The molecule has 1 amide bonds. The molecule has 3 saturated heterocycles. The number of esters is 1. The molecule has 17 heteroatoms. The van der Waals surface area contributed by atoms with E-state index < -0.39 is 71.5 Å². The van der Waals surface area contributed by atoms with Crippen molar-refractivity contribution in [3.8, 4) is 17.1 Å². The van der Waals surface area contributed by atoms with Gasteiger partial charge in [-0.1, -0.05) is 32.9 Å². The Bertz CT molecular complexity index is 1870. The SMILES string of the molecule is CC[C@H]1OC(=O)[C@H](C)C(=O)[C@H](C)[C@@H](O[C@H]2O[C@@H](C)C[C@@H](N(C)C)[C@@H]2O)C(C)(OC)C[C@@H](C)C2=NN(CCCc3nc(-c4ccc(OC)cc4)no3)N3C(=O)O[C@@]1(C)[C@H]3[C@H]2C. The molecule has 0 aliphatic carbocycles. The number of amides is 1. The molecule has 17 nitrogen and oxygen atoms in total. The van der Waals surface area contributed by atoms with Crippen LogP contribution in [0.25, 0.3) is 11.4 Å². The summed E-state index contributed by atoms with van der Waals surface area (Å²) in [5, 5.41) is 24.0. The van der Waals surface area contributed by atoms with Gasteiger partial charge in [0.1, 0.15) is 29.9 Å². The highest BCUT2D eigenvalue weighted by Crippen LogP contribution is 2.46. The first-order valence-corrected chi connectivity index (χ1v) is 21.2. The predicted octanol–water partition coefficient (Wildman–Crippen LogP) is 4.90. The third-order valence-electron chi connectivity index (χ3n) is 13.1. The van der Waals surface area contributed by atoms with Crippen LogP contribution in [0.1, 0.15) is 87.0 Å². The van der Waals surface area contributed by atoms with Crippen molar-refractivity contribution in [1.82, 2.24) is 25.2 Å². The number of aryl methyl sites for hydroxylation is 1. The van der Waals surface area contributed by atoms with Crippen molar-refractivity contribution in [2.75, 3.05) is 34.9 Å². The molecular weight excluding hydrogens is 777 g/mol. The lowest BCUT2D eigenvalue weighted by Gasteiger charge is -2.49. The average molecular weight is 841 g/mol. The van der Waals surface area contributed by atoms with E-state index in [1.165, 1.54) is 11.9 Å². The van der Waals surface area contributed by atoms with Crippen molar-refractivity contribution >= 4 is 23.6 Å². The molecule has 4 aliphatic rings. The van der Waals surface area contributed by atoms with Crippen LogP contribution in [-0.2, 0) is 39.7 Å². The van der Waals surface area contributed by atoms with Crippen LogP contribution in [0.4, 0.5) is 4.79 Å². The maximum atomic E-state index is 14.4.